The van der Waals surface area contributed by atoms with Crippen LogP contribution in [0.3, 0.4) is 0 Å². The Labute approximate surface area is 96.5 Å². The maximum atomic E-state index is 12.8. The number of aromatic nitrogens is 1. The predicted molar refractivity (Wildman–Crippen MR) is 55.9 cm³/mol. The van der Waals surface area contributed by atoms with Gasteiger partial charge in [0.05, 0.1) is 26.2 Å². The van der Waals surface area contributed by atoms with Gasteiger partial charge in [-0.15, -0.1) is 0 Å². The van der Waals surface area contributed by atoms with E-state index < -0.39 is 18.0 Å². The van der Waals surface area contributed by atoms with Gasteiger partial charge >= 0.3 is 5.97 Å². The van der Waals surface area contributed by atoms with Crippen molar-refractivity contribution in [3.05, 3.63) is 17.2 Å². The highest BCUT2D eigenvalue weighted by molar-refractivity contribution is 5.73. The lowest BCUT2D eigenvalue weighted by atomic mass is 10.1. The highest BCUT2D eigenvalue weighted by Gasteiger charge is 2.22. The number of esters is 1. The fourth-order valence-corrected chi connectivity index (χ4v) is 1.37. The van der Waals surface area contributed by atoms with E-state index in [2.05, 4.69) is 9.72 Å². The van der Waals surface area contributed by atoms with Crippen molar-refractivity contribution in [3.63, 3.8) is 0 Å². The zero-order valence-corrected chi connectivity index (χ0v) is 9.37. The van der Waals surface area contributed by atoms with Crippen LogP contribution in [0.4, 0.5) is 14.6 Å². The summed E-state index contributed by atoms with van der Waals surface area (Å²) in [6.45, 7) is 0. The minimum Gasteiger partial charge on any atom is -0.481 e. The second-order valence-electron chi connectivity index (χ2n) is 3.18. The van der Waals surface area contributed by atoms with Gasteiger partial charge in [0.25, 0.3) is 6.43 Å². The van der Waals surface area contributed by atoms with Crippen LogP contribution < -0.4 is 10.5 Å². The number of nitrogens with two attached hydrogens (primary N) is 1. The van der Waals surface area contributed by atoms with E-state index in [9.17, 15) is 13.6 Å². The molecule has 0 spiro atoms. The van der Waals surface area contributed by atoms with E-state index in [1.54, 1.807) is 0 Å². The molecule has 0 aliphatic heterocycles. The molecule has 0 fully saturated rings. The summed E-state index contributed by atoms with van der Waals surface area (Å²) >= 11 is 0. The van der Waals surface area contributed by atoms with Crippen LogP contribution in [0.25, 0.3) is 0 Å². The number of pyridine rings is 1. The molecule has 0 saturated heterocycles. The minimum absolute atomic E-state index is 0.00477. The van der Waals surface area contributed by atoms with Crippen LogP contribution in [0.2, 0.25) is 0 Å². The Morgan fingerprint density at radius 3 is 2.65 bits per heavy atom. The van der Waals surface area contributed by atoms with Crippen LogP contribution in [0, 0.1) is 0 Å². The number of carbonyl (C=O) groups is 1. The van der Waals surface area contributed by atoms with Crippen molar-refractivity contribution in [1.29, 1.82) is 0 Å². The molecule has 1 heterocycles. The molecule has 1 rings (SSSR count). The van der Waals surface area contributed by atoms with E-state index in [-0.39, 0.29) is 23.7 Å². The molecule has 0 amide bonds. The number of rotatable bonds is 4. The standard InChI is InChI=1S/C10H12F2N2O3/c1-16-7(15)4-5-3-6(13)14-10(17-2)8(5)9(11)12/h3,9H,4H2,1-2H3,(H2,13,14). The molecule has 0 aliphatic rings. The fraction of sp³-hybridized carbons (Fsp3) is 0.400. The Bertz CT molecular complexity index is 424. The molecule has 0 bridgehead atoms. The molecule has 7 heteroatoms. The van der Waals surface area contributed by atoms with E-state index in [0.717, 1.165) is 0 Å². The number of nitrogen functional groups attached to an aromatic ring is 1. The minimum atomic E-state index is -2.81. The highest BCUT2D eigenvalue weighted by Crippen LogP contribution is 2.32. The molecule has 5 nitrogen and oxygen atoms in total. The van der Waals surface area contributed by atoms with Gasteiger partial charge < -0.3 is 15.2 Å². The molecule has 1 aromatic heterocycles. The maximum absolute atomic E-state index is 12.8. The maximum Gasteiger partial charge on any atom is 0.309 e. The molecular formula is C10H12F2N2O3. The molecule has 0 unspecified atom stereocenters. The number of hydrogen-bond acceptors (Lipinski definition) is 5. The average Bonchev–Trinajstić information content (AvgIpc) is 2.27. The normalized spacial score (nSPS) is 10.4. The van der Waals surface area contributed by atoms with Crippen molar-refractivity contribution in [1.82, 2.24) is 4.98 Å². The van der Waals surface area contributed by atoms with Crippen LogP contribution in [-0.4, -0.2) is 25.2 Å². The Balaban J connectivity index is 3.25. The average molecular weight is 246 g/mol. The smallest absolute Gasteiger partial charge is 0.309 e. The second kappa shape index (κ2) is 5.42. The van der Waals surface area contributed by atoms with Gasteiger partial charge in [-0.2, -0.15) is 4.98 Å². The van der Waals surface area contributed by atoms with Gasteiger partial charge in [0.2, 0.25) is 5.88 Å². The zero-order valence-electron chi connectivity index (χ0n) is 9.37. The summed E-state index contributed by atoms with van der Waals surface area (Å²) in [6, 6.07) is 1.21. The third-order valence-electron chi connectivity index (χ3n) is 2.10. The molecule has 0 atom stereocenters. The number of hydrogen-bond donors (Lipinski definition) is 1. The van der Waals surface area contributed by atoms with Gasteiger partial charge in [-0.25, -0.2) is 8.78 Å². The van der Waals surface area contributed by atoms with Crippen LogP contribution in [0.1, 0.15) is 17.6 Å². The summed E-state index contributed by atoms with van der Waals surface area (Å²) in [7, 11) is 2.38. The number of nitrogens with zero attached hydrogens (tertiary/aromatic N) is 1. The summed E-state index contributed by atoms with van der Waals surface area (Å²) < 4.78 is 34.8. The highest BCUT2D eigenvalue weighted by atomic mass is 19.3. The van der Waals surface area contributed by atoms with Crippen LogP contribution in [0.5, 0.6) is 5.88 Å². The van der Waals surface area contributed by atoms with Gasteiger partial charge in [-0.05, 0) is 11.6 Å². The van der Waals surface area contributed by atoms with Crippen molar-refractivity contribution < 1.29 is 23.0 Å². The van der Waals surface area contributed by atoms with Crippen molar-refractivity contribution in [3.8, 4) is 5.88 Å². The fourth-order valence-electron chi connectivity index (χ4n) is 1.37. The number of halogens is 2. The van der Waals surface area contributed by atoms with Gasteiger partial charge in [-0.3, -0.25) is 4.79 Å². The SMILES string of the molecule is COC(=O)Cc1cc(N)nc(OC)c1C(F)F. The largest absolute Gasteiger partial charge is 0.481 e. The number of methoxy groups -OCH3 is 2. The first-order chi connectivity index (χ1) is 7.99. The van der Waals surface area contributed by atoms with E-state index in [1.165, 1.54) is 20.3 Å². The Morgan fingerprint density at radius 1 is 1.53 bits per heavy atom. The molecule has 0 aliphatic carbocycles. The van der Waals surface area contributed by atoms with Crippen LogP contribution in [-0.2, 0) is 16.0 Å². The topological polar surface area (TPSA) is 74.4 Å². The zero-order chi connectivity index (χ0) is 13.0. The Morgan fingerprint density at radius 2 is 2.18 bits per heavy atom. The van der Waals surface area contributed by atoms with Gasteiger partial charge in [-0.1, -0.05) is 0 Å². The molecule has 0 saturated carbocycles. The first-order valence-corrected chi connectivity index (χ1v) is 4.67. The summed E-state index contributed by atoms with van der Waals surface area (Å²) in [5, 5.41) is 0. The van der Waals surface area contributed by atoms with Crippen molar-refractivity contribution in [2.45, 2.75) is 12.8 Å². The first kappa shape index (κ1) is 13.1. The first-order valence-electron chi connectivity index (χ1n) is 4.67. The van der Waals surface area contributed by atoms with E-state index >= 15 is 0 Å². The van der Waals surface area contributed by atoms with Gasteiger partial charge in [0.15, 0.2) is 0 Å². The third kappa shape index (κ3) is 3.02. The van der Waals surface area contributed by atoms with Crippen molar-refractivity contribution in [2.75, 3.05) is 20.0 Å². The molecule has 0 aromatic carbocycles. The Kier molecular flexibility index (Phi) is 4.19. The number of ether oxygens (including phenoxy) is 2. The van der Waals surface area contributed by atoms with Crippen molar-refractivity contribution >= 4 is 11.8 Å². The quantitative estimate of drug-likeness (QED) is 0.811. The summed E-state index contributed by atoms with van der Waals surface area (Å²) in [5.41, 5.74) is 5.05. The predicted octanol–water partition coefficient (Wildman–Crippen LogP) is 1.33. The van der Waals surface area contributed by atoms with E-state index in [4.69, 9.17) is 10.5 Å². The van der Waals surface area contributed by atoms with E-state index in [0.29, 0.717) is 0 Å². The molecule has 94 valence electrons. The summed E-state index contributed by atoms with van der Waals surface area (Å²) in [5.74, 6) is -0.913. The Hall–Kier alpha value is -1.92. The monoisotopic (exact) mass is 246 g/mol. The van der Waals surface area contributed by atoms with Crippen LogP contribution >= 0.6 is 0 Å². The lowest BCUT2D eigenvalue weighted by Gasteiger charge is -2.12. The summed E-state index contributed by atoms with van der Waals surface area (Å²) in [6.07, 6.45) is -3.11. The molecule has 1 aromatic rings. The molecule has 2 N–H and O–H groups in total. The summed E-state index contributed by atoms with van der Waals surface area (Å²) in [4.78, 5) is 14.7. The molecule has 0 radical (unpaired) electrons. The van der Waals surface area contributed by atoms with Gasteiger partial charge in [0, 0.05) is 0 Å². The lowest BCUT2D eigenvalue weighted by Crippen LogP contribution is -2.10. The number of alkyl halides is 2. The molecular weight excluding hydrogens is 234 g/mol. The number of carbonyl (C=O) groups excluding carboxylic acids is 1. The van der Waals surface area contributed by atoms with Crippen LogP contribution in [0.15, 0.2) is 6.07 Å². The van der Waals surface area contributed by atoms with Gasteiger partial charge in [0.1, 0.15) is 5.82 Å². The van der Waals surface area contributed by atoms with Crippen molar-refractivity contribution in [2.24, 2.45) is 0 Å². The lowest BCUT2D eigenvalue weighted by molar-refractivity contribution is -0.139. The third-order valence-corrected chi connectivity index (χ3v) is 2.10. The number of anilines is 1. The molecule has 17 heavy (non-hydrogen) atoms. The second-order valence-corrected chi connectivity index (χ2v) is 3.18. The van der Waals surface area contributed by atoms with E-state index in [1.807, 2.05) is 0 Å².